The Hall–Kier alpha value is -2.93. The number of nitrogens with zero attached hydrogens (tertiary/aromatic N) is 1. The number of carbonyl (C=O) groups excluding carboxylic acids is 1. The fourth-order valence-electron chi connectivity index (χ4n) is 4.44. The van der Waals surface area contributed by atoms with Crippen LogP contribution in [0.15, 0.2) is 77.7 Å². The highest BCUT2D eigenvalue weighted by molar-refractivity contribution is 7.99. The number of thioether (sulfide) groups is 1. The maximum Gasteiger partial charge on any atom is 0.416 e. The molecule has 1 aliphatic heterocycles. The molecular weight excluding hydrogens is 469 g/mol. The molecule has 3 nitrogen and oxygen atoms in total. The van der Waals surface area contributed by atoms with Crippen molar-refractivity contribution in [3.8, 4) is 0 Å². The van der Waals surface area contributed by atoms with Crippen LogP contribution in [0.25, 0.3) is 0 Å². The van der Waals surface area contributed by atoms with Crippen LogP contribution < -0.4 is 10.2 Å². The van der Waals surface area contributed by atoms with Crippen molar-refractivity contribution in [3.63, 3.8) is 0 Å². The van der Waals surface area contributed by atoms with Crippen molar-refractivity contribution in [1.29, 1.82) is 0 Å². The Morgan fingerprint density at radius 2 is 1.69 bits per heavy atom. The predicted molar refractivity (Wildman–Crippen MR) is 137 cm³/mol. The van der Waals surface area contributed by atoms with E-state index in [1.165, 1.54) is 17.0 Å². The van der Waals surface area contributed by atoms with Gasteiger partial charge in [0.15, 0.2) is 0 Å². The zero-order valence-corrected chi connectivity index (χ0v) is 20.5. The number of halogens is 3. The van der Waals surface area contributed by atoms with Gasteiger partial charge >= 0.3 is 6.18 Å². The quantitative estimate of drug-likeness (QED) is 0.345. The smallest absolute Gasteiger partial charge is 0.371 e. The maximum atomic E-state index is 12.9. The Balaban J connectivity index is 1.33. The van der Waals surface area contributed by atoms with Crippen LogP contribution in [0.5, 0.6) is 0 Å². The van der Waals surface area contributed by atoms with Gasteiger partial charge in [-0.3, -0.25) is 4.79 Å². The molecule has 4 rings (SSSR count). The third-order valence-corrected chi connectivity index (χ3v) is 7.14. The molecule has 1 heterocycles. The van der Waals surface area contributed by atoms with Gasteiger partial charge in [0.25, 0.3) is 0 Å². The van der Waals surface area contributed by atoms with Crippen molar-refractivity contribution in [2.45, 2.75) is 43.2 Å². The number of anilines is 2. The average molecular weight is 499 g/mol. The number of carbonyl (C=O) groups is 1. The number of nitrogens with one attached hydrogen (secondary N) is 1. The number of hydrogen-bond donors (Lipinski definition) is 1. The molecule has 3 aromatic rings. The average Bonchev–Trinajstić information content (AvgIpc) is 2.85. The fourth-order valence-corrected chi connectivity index (χ4v) is 5.11. The molecular formula is C28H29F3N2OS. The van der Waals surface area contributed by atoms with Crippen LogP contribution >= 0.6 is 11.8 Å². The minimum absolute atomic E-state index is 0.0611. The van der Waals surface area contributed by atoms with Crippen molar-refractivity contribution in [1.82, 2.24) is 0 Å². The normalized spacial score (nSPS) is 16.2. The lowest BCUT2D eigenvalue weighted by atomic mass is 9.90. The Morgan fingerprint density at radius 3 is 2.31 bits per heavy atom. The first-order valence-electron chi connectivity index (χ1n) is 11.9. The van der Waals surface area contributed by atoms with E-state index in [1.54, 1.807) is 23.9 Å². The minimum atomic E-state index is -4.31. The summed E-state index contributed by atoms with van der Waals surface area (Å²) < 4.78 is 38.6. The molecule has 0 radical (unpaired) electrons. The van der Waals surface area contributed by atoms with Gasteiger partial charge in [0.05, 0.1) is 12.0 Å². The van der Waals surface area contributed by atoms with Crippen LogP contribution in [-0.4, -0.2) is 24.7 Å². The number of benzene rings is 3. The lowest BCUT2D eigenvalue weighted by molar-refractivity contribution is -0.137. The number of alkyl halides is 3. The summed E-state index contributed by atoms with van der Waals surface area (Å²) in [6.07, 6.45) is -2.07. The molecule has 0 spiro atoms. The Morgan fingerprint density at radius 1 is 1.00 bits per heavy atom. The summed E-state index contributed by atoms with van der Waals surface area (Å²) in [5.74, 6) is 1.14. The second kappa shape index (κ2) is 11.2. The first-order valence-corrected chi connectivity index (χ1v) is 12.8. The van der Waals surface area contributed by atoms with Crippen molar-refractivity contribution >= 4 is 29.0 Å². The van der Waals surface area contributed by atoms with E-state index in [1.807, 2.05) is 48.5 Å². The van der Waals surface area contributed by atoms with E-state index in [0.29, 0.717) is 6.42 Å². The Bertz CT molecular complexity index is 1110. The summed E-state index contributed by atoms with van der Waals surface area (Å²) in [5.41, 5.74) is 3.09. The van der Waals surface area contributed by atoms with Gasteiger partial charge in [-0.05, 0) is 78.3 Å². The van der Waals surface area contributed by atoms with E-state index in [4.69, 9.17) is 0 Å². The van der Waals surface area contributed by atoms with E-state index >= 15 is 0 Å². The maximum absolute atomic E-state index is 12.9. The van der Waals surface area contributed by atoms with Crippen molar-refractivity contribution < 1.29 is 18.0 Å². The monoisotopic (exact) mass is 498 g/mol. The number of rotatable bonds is 7. The SMILES string of the molecule is CCSc1ccc(CC(=O)Nc2ccc(N3CCCC(c4ccc(C(F)(F)F)cc4)C3)cc2)cc1. The molecule has 1 N–H and O–H groups in total. The summed E-state index contributed by atoms with van der Waals surface area (Å²) in [6.45, 7) is 3.76. The van der Waals surface area contributed by atoms with E-state index in [2.05, 4.69) is 17.1 Å². The summed E-state index contributed by atoms with van der Waals surface area (Å²) in [5, 5.41) is 2.96. The van der Waals surface area contributed by atoms with Gasteiger partial charge < -0.3 is 10.2 Å². The van der Waals surface area contributed by atoms with E-state index < -0.39 is 11.7 Å². The van der Waals surface area contributed by atoms with Gasteiger partial charge in [-0.1, -0.05) is 31.2 Å². The van der Waals surface area contributed by atoms with Gasteiger partial charge in [0.1, 0.15) is 0 Å². The molecule has 35 heavy (non-hydrogen) atoms. The summed E-state index contributed by atoms with van der Waals surface area (Å²) >= 11 is 1.77. The molecule has 3 aromatic carbocycles. The summed E-state index contributed by atoms with van der Waals surface area (Å²) in [4.78, 5) is 15.9. The zero-order valence-electron chi connectivity index (χ0n) is 19.6. The van der Waals surface area contributed by atoms with Crippen LogP contribution in [0.3, 0.4) is 0 Å². The third-order valence-electron chi connectivity index (χ3n) is 6.25. The van der Waals surface area contributed by atoms with Gasteiger partial charge in [-0.15, -0.1) is 11.8 Å². The first-order chi connectivity index (χ1) is 16.8. The largest absolute Gasteiger partial charge is 0.416 e. The van der Waals surface area contributed by atoms with Crippen molar-refractivity contribution in [3.05, 3.63) is 89.5 Å². The summed E-state index contributed by atoms with van der Waals surface area (Å²) in [7, 11) is 0. The van der Waals surface area contributed by atoms with Gasteiger partial charge in [0, 0.05) is 35.3 Å². The first kappa shape index (κ1) is 25.2. The predicted octanol–water partition coefficient (Wildman–Crippen LogP) is 7.38. The van der Waals surface area contributed by atoms with Gasteiger partial charge in [-0.2, -0.15) is 13.2 Å². The minimum Gasteiger partial charge on any atom is -0.371 e. The van der Waals surface area contributed by atoms with Crippen LogP contribution in [0, 0.1) is 0 Å². The van der Waals surface area contributed by atoms with Crippen LogP contribution in [-0.2, 0) is 17.4 Å². The van der Waals surface area contributed by atoms with E-state index in [9.17, 15) is 18.0 Å². The number of piperidine rings is 1. The van der Waals surface area contributed by atoms with Crippen LogP contribution in [0.4, 0.5) is 24.5 Å². The Kier molecular flexibility index (Phi) is 8.06. The molecule has 0 saturated carbocycles. The van der Waals surface area contributed by atoms with E-state index in [0.717, 1.165) is 54.2 Å². The second-order valence-corrected chi connectivity index (χ2v) is 10.1. The number of hydrogen-bond acceptors (Lipinski definition) is 3. The van der Waals surface area contributed by atoms with Crippen molar-refractivity contribution in [2.75, 3.05) is 29.1 Å². The standard InChI is InChI=1S/C28H29F3N2OS/c1-2-35-26-15-5-20(6-16-26)18-27(34)32-24-11-13-25(14-12-24)33-17-3-4-22(19-33)21-7-9-23(10-8-21)28(29,30)31/h5-16,22H,2-4,17-19H2,1H3,(H,32,34). The van der Waals surface area contributed by atoms with Crippen molar-refractivity contribution in [2.24, 2.45) is 0 Å². The molecule has 0 aromatic heterocycles. The molecule has 1 amide bonds. The molecule has 7 heteroatoms. The van der Waals surface area contributed by atoms with Gasteiger partial charge in [0.2, 0.25) is 5.91 Å². The molecule has 0 aliphatic carbocycles. The highest BCUT2D eigenvalue weighted by atomic mass is 32.2. The zero-order chi connectivity index (χ0) is 24.8. The lowest BCUT2D eigenvalue weighted by Crippen LogP contribution is -2.34. The molecule has 1 aliphatic rings. The van der Waals surface area contributed by atoms with E-state index in [-0.39, 0.29) is 11.8 Å². The van der Waals surface area contributed by atoms with Crippen LogP contribution in [0.1, 0.15) is 42.4 Å². The van der Waals surface area contributed by atoms with Crippen LogP contribution in [0.2, 0.25) is 0 Å². The molecule has 1 unspecified atom stereocenters. The molecule has 1 fully saturated rings. The van der Waals surface area contributed by atoms with Gasteiger partial charge in [-0.25, -0.2) is 0 Å². The summed E-state index contributed by atoms with van der Waals surface area (Å²) in [6, 6.07) is 21.4. The highest BCUT2D eigenvalue weighted by Gasteiger charge is 2.30. The Labute approximate surface area is 208 Å². The second-order valence-electron chi connectivity index (χ2n) is 8.75. The third kappa shape index (κ3) is 6.82. The number of amides is 1. The lowest BCUT2D eigenvalue weighted by Gasteiger charge is -2.35. The molecule has 0 bridgehead atoms. The topological polar surface area (TPSA) is 32.3 Å². The highest BCUT2D eigenvalue weighted by Crippen LogP contribution is 2.33. The molecule has 1 atom stereocenters. The molecule has 1 saturated heterocycles. The molecule has 184 valence electrons. The fraction of sp³-hybridized carbons (Fsp3) is 0.321.